The van der Waals surface area contributed by atoms with Crippen LogP contribution in [-0.2, 0) is 14.6 Å². The SMILES string of the molecule is CC(=O)Nc1ccc(C)c(Nc2ccnc3cc4c(cc23)S(=O)(=O)C(C)=C4)c1. The largest absolute Gasteiger partial charge is 0.355 e. The van der Waals surface area contributed by atoms with E-state index in [0.29, 0.717) is 26.6 Å². The summed E-state index contributed by atoms with van der Waals surface area (Å²) >= 11 is 0. The van der Waals surface area contributed by atoms with Crippen molar-refractivity contribution in [3.8, 4) is 0 Å². The number of nitrogens with zero attached hydrogens (tertiary/aromatic N) is 1. The normalized spacial score (nSPS) is 14.5. The molecule has 1 aliphatic heterocycles. The number of nitrogens with one attached hydrogen (secondary N) is 2. The van der Waals surface area contributed by atoms with Gasteiger partial charge in [-0.15, -0.1) is 0 Å². The van der Waals surface area contributed by atoms with Gasteiger partial charge in [0.2, 0.25) is 15.7 Å². The van der Waals surface area contributed by atoms with E-state index in [0.717, 1.165) is 22.3 Å². The first kappa shape index (κ1) is 18.2. The zero-order chi connectivity index (χ0) is 20.1. The zero-order valence-corrected chi connectivity index (χ0v) is 16.5. The van der Waals surface area contributed by atoms with Gasteiger partial charge in [0.15, 0.2) is 0 Å². The molecule has 0 saturated carbocycles. The summed E-state index contributed by atoms with van der Waals surface area (Å²) in [5, 5.41) is 6.84. The van der Waals surface area contributed by atoms with E-state index in [4.69, 9.17) is 0 Å². The van der Waals surface area contributed by atoms with Crippen LogP contribution in [0.3, 0.4) is 0 Å². The molecule has 2 aromatic carbocycles. The van der Waals surface area contributed by atoms with Crippen molar-refractivity contribution in [1.82, 2.24) is 4.98 Å². The van der Waals surface area contributed by atoms with Crippen molar-refractivity contribution in [3.05, 3.63) is 58.6 Å². The summed E-state index contributed by atoms with van der Waals surface area (Å²) in [6.45, 7) is 5.02. The van der Waals surface area contributed by atoms with Gasteiger partial charge in [0.05, 0.1) is 10.4 Å². The van der Waals surface area contributed by atoms with Crippen molar-refractivity contribution in [1.29, 1.82) is 0 Å². The fourth-order valence-electron chi connectivity index (χ4n) is 3.30. The molecule has 2 heterocycles. The molecule has 0 fully saturated rings. The number of hydrogen-bond donors (Lipinski definition) is 2. The average Bonchev–Trinajstić information content (AvgIpc) is 2.85. The summed E-state index contributed by atoms with van der Waals surface area (Å²) in [5.41, 5.74) is 4.61. The Hall–Kier alpha value is -3.19. The number of benzene rings is 2. The monoisotopic (exact) mass is 393 g/mol. The third kappa shape index (κ3) is 3.03. The Morgan fingerprint density at radius 2 is 1.82 bits per heavy atom. The number of pyridine rings is 1. The van der Waals surface area contributed by atoms with Crippen LogP contribution in [0.4, 0.5) is 17.1 Å². The van der Waals surface area contributed by atoms with Gasteiger partial charge >= 0.3 is 0 Å². The van der Waals surface area contributed by atoms with Gasteiger partial charge in [0, 0.05) is 40.5 Å². The quantitative estimate of drug-likeness (QED) is 0.689. The topological polar surface area (TPSA) is 88.2 Å². The number of aromatic nitrogens is 1. The fraction of sp³-hybridized carbons (Fsp3) is 0.143. The first-order chi connectivity index (χ1) is 13.3. The van der Waals surface area contributed by atoms with E-state index in [1.165, 1.54) is 6.92 Å². The lowest BCUT2D eigenvalue weighted by Crippen LogP contribution is -2.06. The highest BCUT2D eigenvalue weighted by molar-refractivity contribution is 7.95. The van der Waals surface area contributed by atoms with Gasteiger partial charge < -0.3 is 10.6 Å². The number of carbonyl (C=O) groups excluding carboxylic acids is 1. The highest BCUT2D eigenvalue weighted by Gasteiger charge is 2.27. The Morgan fingerprint density at radius 1 is 1.04 bits per heavy atom. The maximum atomic E-state index is 12.5. The molecule has 0 aliphatic carbocycles. The molecule has 3 aromatic rings. The molecule has 6 nitrogen and oxygen atoms in total. The maximum absolute atomic E-state index is 12.5. The molecule has 0 unspecified atom stereocenters. The van der Waals surface area contributed by atoms with Crippen LogP contribution in [0.1, 0.15) is 25.0 Å². The summed E-state index contributed by atoms with van der Waals surface area (Å²) < 4.78 is 25.1. The van der Waals surface area contributed by atoms with Crippen LogP contribution in [-0.4, -0.2) is 19.3 Å². The molecule has 7 heteroatoms. The van der Waals surface area contributed by atoms with Crippen LogP contribution >= 0.6 is 0 Å². The smallest absolute Gasteiger partial charge is 0.221 e. The van der Waals surface area contributed by atoms with Crippen LogP contribution in [0.15, 0.2) is 52.4 Å². The minimum Gasteiger partial charge on any atom is -0.355 e. The number of carbonyl (C=O) groups is 1. The molecule has 1 amide bonds. The lowest BCUT2D eigenvalue weighted by molar-refractivity contribution is -0.114. The van der Waals surface area contributed by atoms with Gasteiger partial charge in [-0.1, -0.05) is 6.07 Å². The van der Waals surface area contributed by atoms with Crippen molar-refractivity contribution in [2.45, 2.75) is 25.7 Å². The molecule has 2 N–H and O–H groups in total. The maximum Gasteiger partial charge on any atom is 0.221 e. The number of rotatable bonds is 3. The number of anilines is 3. The number of amides is 1. The lowest BCUT2D eigenvalue weighted by Gasteiger charge is -2.14. The fourth-order valence-corrected chi connectivity index (χ4v) is 4.63. The van der Waals surface area contributed by atoms with Crippen molar-refractivity contribution in [2.75, 3.05) is 10.6 Å². The molecule has 0 radical (unpaired) electrons. The molecule has 28 heavy (non-hydrogen) atoms. The van der Waals surface area contributed by atoms with Crippen LogP contribution in [0.2, 0.25) is 0 Å². The van der Waals surface area contributed by atoms with E-state index in [1.807, 2.05) is 25.1 Å². The number of aryl methyl sites for hydroxylation is 1. The van der Waals surface area contributed by atoms with Gasteiger partial charge in [0.1, 0.15) is 0 Å². The van der Waals surface area contributed by atoms with E-state index < -0.39 is 9.84 Å². The van der Waals surface area contributed by atoms with Crippen molar-refractivity contribution in [3.63, 3.8) is 0 Å². The minimum absolute atomic E-state index is 0.146. The third-order valence-corrected chi connectivity index (χ3v) is 6.67. The molecule has 0 atom stereocenters. The molecule has 0 spiro atoms. The second kappa shape index (κ2) is 6.45. The second-order valence-electron chi connectivity index (χ2n) is 6.86. The Balaban J connectivity index is 1.82. The van der Waals surface area contributed by atoms with E-state index in [2.05, 4.69) is 15.6 Å². The molecule has 0 saturated heterocycles. The second-order valence-corrected chi connectivity index (χ2v) is 8.95. The van der Waals surface area contributed by atoms with E-state index in [9.17, 15) is 13.2 Å². The van der Waals surface area contributed by atoms with Crippen LogP contribution in [0, 0.1) is 6.92 Å². The van der Waals surface area contributed by atoms with Crippen molar-refractivity contribution in [2.24, 2.45) is 0 Å². The van der Waals surface area contributed by atoms with Crippen LogP contribution in [0.5, 0.6) is 0 Å². The number of sulfone groups is 1. The third-order valence-electron chi connectivity index (χ3n) is 4.77. The van der Waals surface area contributed by atoms with Gasteiger partial charge in [0.25, 0.3) is 0 Å². The zero-order valence-electron chi connectivity index (χ0n) is 15.7. The summed E-state index contributed by atoms with van der Waals surface area (Å²) in [6, 6.07) is 10.9. The van der Waals surface area contributed by atoms with Crippen molar-refractivity contribution < 1.29 is 13.2 Å². The average molecular weight is 393 g/mol. The first-order valence-corrected chi connectivity index (χ1v) is 10.3. The highest BCUT2D eigenvalue weighted by atomic mass is 32.2. The molecule has 0 bridgehead atoms. The summed E-state index contributed by atoms with van der Waals surface area (Å²) in [6.07, 6.45) is 3.36. The van der Waals surface area contributed by atoms with Gasteiger partial charge in [-0.05, 0) is 61.4 Å². The van der Waals surface area contributed by atoms with Gasteiger partial charge in [-0.25, -0.2) is 8.42 Å². The summed E-state index contributed by atoms with van der Waals surface area (Å²) in [5.74, 6) is -0.146. The van der Waals surface area contributed by atoms with E-state index >= 15 is 0 Å². The molecular formula is C21H19N3O3S. The standard InChI is InChI=1S/C21H19N3O3S/c1-12-4-5-16(23-14(3)25)10-19(12)24-18-6-7-22-20-9-15-8-13(2)28(26,27)21(15)11-17(18)20/h4-11H,1-3H3,(H,22,24)(H,23,25). The molecule has 1 aliphatic rings. The molecule has 1 aromatic heterocycles. The molecule has 4 rings (SSSR count). The van der Waals surface area contributed by atoms with Crippen molar-refractivity contribution >= 4 is 49.8 Å². The molecular weight excluding hydrogens is 374 g/mol. The lowest BCUT2D eigenvalue weighted by atomic mass is 10.1. The van der Waals surface area contributed by atoms with Crippen LogP contribution in [0.25, 0.3) is 17.0 Å². The molecule has 142 valence electrons. The predicted molar refractivity (Wildman–Crippen MR) is 111 cm³/mol. The Kier molecular flexibility index (Phi) is 4.19. The summed E-state index contributed by atoms with van der Waals surface area (Å²) in [4.78, 5) is 16.4. The van der Waals surface area contributed by atoms with Gasteiger partial charge in [-0.3, -0.25) is 9.78 Å². The first-order valence-electron chi connectivity index (χ1n) is 8.77. The van der Waals surface area contributed by atoms with Crippen LogP contribution < -0.4 is 10.6 Å². The highest BCUT2D eigenvalue weighted by Crippen LogP contribution is 2.37. The number of allylic oxidation sites excluding steroid dienone is 1. The minimum atomic E-state index is -3.44. The van der Waals surface area contributed by atoms with Gasteiger partial charge in [-0.2, -0.15) is 0 Å². The Morgan fingerprint density at radius 3 is 2.57 bits per heavy atom. The van der Waals surface area contributed by atoms with E-state index in [1.54, 1.807) is 37.4 Å². The van der Waals surface area contributed by atoms with E-state index in [-0.39, 0.29) is 5.91 Å². The Labute approximate surface area is 163 Å². The number of fused-ring (bicyclic) bond motifs is 2. The summed E-state index contributed by atoms with van der Waals surface area (Å²) in [7, 11) is -3.44. The number of hydrogen-bond acceptors (Lipinski definition) is 5. The predicted octanol–water partition coefficient (Wildman–Crippen LogP) is 4.39. The Bertz CT molecular complexity index is 1280.